The number of ether oxygens (including phenoxy) is 1. The second-order valence-electron chi connectivity index (χ2n) is 4.87. The summed E-state index contributed by atoms with van der Waals surface area (Å²) in [5, 5.41) is 0. The van der Waals surface area contributed by atoms with E-state index < -0.39 is 11.7 Å². The minimum absolute atomic E-state index is 0.116. The van der Waals surface area contributed by atoms with Crippen LogP contribution in [0, 0.1) is 0 Å². The van der Waals surface area contributed by atoms with Crippen molar-refractivity contribution in [3.05, 3.63) is 29.3 Å². The summed E-state index contributed by atoms with van der Waals surface area (Å²) in [7, 11) is 0. The fourth-order valence-electron chi connectivity index (χ4n) is 2.52. The third kappa shape index (κ3) is 3.07. The van der Waals surface area contributed by atoms with E-state index in [1.54, 1.807) is 6.07 Å². The Bertz CT molecular complexity index is 462. The van der Waals surface area contributed by atoms with Crippen molar-refractivity contribution in [2.45, 2.75) is 32.1 Å². The van der Waals surface area contributed by atoms with Gasteiger partial charge in [0.15, 0.2) is 0 Å². The molecular formula is C14H19F3N2O. The van der Waals surface area contributed by atoms with E-state index in [0.29, 0.717) is 25.4 Å². The number of morpholine rings is 1. The lowest BCUT2D eigenvalue weighted by molar-refractivity contribution is -0.138. The molecule has 1 aliphatic rings. The van der Waals surface area contributed by atoms with Crippen molar-refractivity contribution in [2.24, 2.45) is 5.73 Å². The maximum atomic E-state index is 13.1. The molecule has 112 valence electrons. The SMILES string of the molecule is CCC1COCCN1c1ccc(CN)c(C(F)(F)F)c1. The summed E-state index contributed by atoms with van der Waals surface area (Å²) >= 11 is 0. The lowest BCUT2D eigenvalue weighted by Crippen LogP contribution is -2.45. The Hall–Kier alpha value is -1.27. The molecule has 2 N–H and O–H groups in total. The largest absolute Gasteiger partial charge is 0.416 e. The topological polar surface area (TPSA) is 38.5 Å². The summed E-state index contributed by atoms with van der Waals surface area (Å²) in [6.07, 6.45) is -3.54. The minimum Gasteiger partial charge on any atom is -0.377 e. The zero-order valence-corrected chi connectivity index (χ0v) is 11.4. The normalized spacial score (nSPS) is 20.2. The third-order valence-corrected chi connectivity index (χ3v) is 3.65. The number of hydrogen-bond donors (Lipinski definition) is 1. The molecule has 0 spiro atoms. The van der Waals surface area contributed by atoms with Crippen LogP contribution in [-0.4, -0.2) is 25.8 Å². The first-order valence-corrected chi connectivity index (χ1v) is 6.72. The lowest BCUT2D eigenvalue weighted by Gasteiger charge is -2.37. The van der Waals surface area contributed by atoms with Crippen LogP contribution in [0.2, 0.25) is 0 Å². The Morgan fingerprint density at radius 3 is 2.75 bits per heavy atom. The molecule has 1 saturated heterocycles. The van der Waals surface area contributed by atoms with Gasteiger partial charge in [-0.1, -0.05) is 13.0 Å². The second-order valence-corrected chi connectivity index (χ2v) is 4.87. The molecule has 0 bridgehead atoms. The highest BCUT2D eigenvalue weighted by Crippen LogP contribution is 2.35. The molecule has 20 heavy (non-hydrogen) atoms. The maximum Gasteiger partial charge on any atom is 0.416 e. The number of nitrogens with zero attached hydrogens (tertiary/aromatic N) is 1. The molecule has 1 aromatic rings. The van der Waals surface area contributed by atoms with E-state index >= 15 is 0 Å². The monoisotopic (exact) mass is 288 g/mol. The van der Waals surface area contributed by atoms with Gasteiger partial charge in [-0.25, -0.2) is 0 Å². The van der Waals surface area contributed by atoms with Gasteiger partial charge in [0.05, 0.1) is 24.8 Å². The van der Waals surface area contributed by atoms with E-state index in [0.717, 1.165) is 6.42 Å². The van der Waals surface area contributed by atoms with Crippen molar-refractivity contribution in [2.75, 3.05) is 24.7 Å². The van der Waals surface area contributed by atoms with Crippen LogP contribution in [0.4, 0.5) is 18.9 Å². The predicted molar refractivity (Wildman–Crippen MR) is 71.6 cm³/mol. The highest BCUT2D eigenvalue weighted by atomic mass is 19.4. The summed E-state index contributed by atoms with van der Waals surface area (Å²) < 4.78 is 44.6. The van der Waals surface area contributed by atoms with E-state index in [4.69, 9.17) is 10.5 Å². The molecule has 2 rings (SSSR count). The fourth-order valence-corrected chi connectivity index (χ4v) is 2.52. The van der Waals surface area contributed by atoms with Crippen LogP contribution >= 0.6 is 0 Å². The average molecular weight is 288 g/mol. The number of hydrogen-bond acceptors (Lipinski definition) is 3. The first kappa shape index (κ1) is 15.1. The van der Waals surface area contributed by atoms with Crippen molar-refractivity contribution < 1.29 is 17.9 Å². The molecule has 1 aliphatic heterocycles. The van der Waals surface area contributed by atoms with Crippen LogP contribution in [0.3, 0.4) is 0 Å². The number of nitrogens with two attached hydrogens (primary N) is 1. The van der Waals surface area contributed by atoms with Crippen molar-refractivity contribution >= 4 is 5.69 Å². The lowest BCUT2D eigenvalue weighted by atomic mass is 10.0. The Kier molecular flexibility index (Phi) is 4.55. The van der Waals surface area contributed by atoms with Gasteiger partial charge in [0, 0.05) is 18.8 Å². The standard InChI is InChI=1S/C14H19F3N2O/c1-2-11-9-20-6-5-19(11)12-4-3-10(8-18)13(7-12)14(15,16)17/h3-4,7,11H,2,5-6,8-9,18H2,1H3. The van der Waals surface area contributed by atoms with Crippen LogP contribution in [-0.2, 0) is 17.5 Å². The Balaban J connectivity index is 2.37. The molecule has 0 radical (unpaired) electrons. The summed E-state index contributed by atoms with van der Waals surface area (Å²) in [5.74, 6) is 0. The molecule has 1 atom stereocenters. The number of benzene rings is 1. The highest BCUT2D eigenvalue weighted by Gasteiger charge is 2.34. The van der Waals surface area contributed by atoms with E-state index in [9.17, 15) is 13.2 Å². The van der Waals surface area contributed by atoms with Gasteiger partial charge in [-0.05, 0) is 24.1 Å². The van der Waals surface area contributed by atoms with Crippen LogP contribution in [0.5, 0.6) is 0 Å². The summed E-state index contributed by atoms with van der Waals surface area (Å²) in [4.78, 5) is 1.99. The number of alkyl halides is 3. The number of halogens is 3. The Labute approximate surface area is 116 Å². The van der Waals surface area contributed by atoms with Gasteiger partial charge in [-0.15, -0.1) is 0 Å². The second kappa shape index (κ2) is 6.01. The fraction of sp³-hybridized carbons (Fsp3) is 0.571. The quantitative estimate of drug-likeness (QED) is 0.929. The first-order valence-electron chi connectivity index (χ1n) is 6.72. The van der Waals surface area contributed by atoms with E-state index in [-0.39, 0.29) is 18.2 Å². The third-order valence-electron chi connectivity index (χ3n) is 3.65. The van der Waals surface area contributed by atoms with Gasteiger partial charge in [-0.3, -0.25) is 0 Å². The zero-order valence-electron chi connectivity index (χ0n) is 11.4. The van der Waals surface area contributed by atoms with Crippen molar-refractivity contribution in [1.82, 2.24) is 0 Å². The number of rotatable bonds is 3. The van der Waals surface area contributed by atoms with Crippen molar-refractivity contribution in [3.8, 4) is 0 Å². The van der Waals surface area contributed by atoms with E-state index in [1.165, 1.54) is 12.1 Å². The van der Waals surface area contributed by atoms with Crippen LogP contribution in [0.25, 0.3) is 0 Å². The van der Waals surface area contributed by atoms with Gasteiger partial charge in [0.1, 0.15) is 0 Å². The molecule has 0 saturated carbocycles. The van der Waals surface area contributed by atoms with Gasteiger partial charge >= 0.3 is 6.18 Å². The Morgan fingerprint density at radius 2 is 2.15 bits per heavy atom. The summed E-state index contributed by atoms with van der Waals surface area (Å²) in [6.45, 7) is 3.59. The molecular weight excluding hydrogens is 269 g/mol. The summed E-state index contributed by atoms with van der Waals surface area (Å²) in [5.41, 5.74) is 5.47. The summed E-state index contributed by atoms with van der Waals surface area (Å²) in [6, 6.07) is 4.51. The maximum absolute atomic E-state index is 13.1. The molecule has 1 fully saturated rings. The van der Waals surface area contributed by atoms with Crippen molar-refractivity contribution in [1.29, 1.82) is 0 Å². The molecule has 0 aromatic heterocycles. The predicted octanol–water partition coefficient (Wildman–Crippen LogP) is 2.78. The smallest absolute Gasteiger partial charge is 0.377 e. The average Bonchev–Trinajstić information content (AvgIpc) is 2.45. The zero-order chi connectivity index (χ0) is 14.8. The molecule has 6 heteroatoms. The molecule has 1 unspecified atom stereocenters. The minimum atomic E-state index is -4.38. The molecule has 1 aromatic carbocycles. The van der Waals surface area contributed by atoms with E-state index in [1.807, 2.05) is 11.8 Å². The van der Waals surface area contributed by atoms with E-state index in [2.05, 4.69) is 0 Å². The van der Waals surface area contributed by atoms with Crippen LogP contribution in [0.1, 0.15) is 24.5 Å². The van der Waals surface area contributed by atoms with Crippen molar-refractivity contribution in [3.63, 3.8) is 0 Å². The molecule has 0 aliphatic carbocycles. The van der Waals surface area contributed by atoms with Gasteiger partial charge in [-0.2, -0.15) is 13.2 Å². The molecule has 1 heterocycles. The van der Waals surface area contributed by atoms with Crippen LogP contribution < -0.4 is 10.6 Å². The van der Waals surface area contributed by atoms with Gasteiger partial charge < -0.3 is 15.4 Å². The number of anilines is 1. The molecule has 0 amide bonds. The Morgan fingerprint density at radius 1 is 1.40 bits per heavy atom. The van der Waals surface area contributed by atoms with Gasteiger partial charge in [0.2, 0.25) is 0 Å². The molecule has 3 nitrogen and oxygen atoms in total. The van der Waals surface area contributed by atoms with Crippen LogP contribution in [0.15, 0.2) is 18.2 Å². The highest BCUT2D eigenvalue weighted by molar-refractivity contribution is 5.53. The first-order chi connectivity index (χ1) is 9.47. The van der Waals surface area contributed by atoms with Gasteiger partial charge in [0.25, 0.3) is 0 Å².